The molecule has 9 N–H and O–H groups in total. The van der Waals surface area contributed by atoms with Crippen LogP contribution < -0.4 is 5.32 Å². The van der Waals surface area contributed by atoms with E-state index in [1.807, 2.05) is 6.08 Å². The summed E-state index contributed by atoms with van der Waals surface area (Å²) in [6.07, 6.45) is 31.2. The normalized spacial score (nSPS) is 26.0. The van der Waals surface area contributed by atoms with Crippen molar-refractivity contribution < 1.29 is 64.6 Å². The molecular weight excluding hydrogens is 895 g/mol. The molecule has 2 aliphatic rings. The Hall–Kier alpha value is -1.27. The number of carbonyl (C=O) groups excluding carboxylic acids is 1. The Morgan fingerprint density at radius 1 is 0.500 bits per heavy atom. The minimum Gasteiger partial charge on any atom is -0.394 e. The molecule has 2 rings (SSSR count). The van der Waals surface area contributed by atoms with Crippen molar-refractivity contribution in [2.75, 3.05) is 19.8 Å². The Morgan fingerprint density at radius 2 is 0.886 bits per heavy atom. The molecule has 0 radical (unpaired) electrons. The molecule has 70 heavy (non-hydrogen) atoms. The maximum Gasteiger partial charge on any atom is 0.220 e. The lowest BCUT2D eigenvalue weighted by molar-refractivity contribution is -0.359. The third-order valence-corrected chi connectivity index (χ3v) is 14.5. The summed E-state index contributed by atoms with van der Waals surface area (Å²) in [6, 6.07) is -0.908. The van der Waals surface area contributed by atoms with Gasteiger partial charge in [0.25, 0.3) is 0 Å². The van der Waals surface area contributed by atoms with Gasteiger partial charge in [-0.05, 0) is 19.3 Å². The van der Waals surface area contributed by atoms with Gasteiger partial charge in [0.1, 0.15) is 48.8 Å². The van der Waals surface area contributed by atoms with Crippen molar-refractivity contribution in [3.63, 3.8) is 0 Å². The number of hydrogen-bond donors (Lipinski definition) is 9. The van der Waals surface area contributed by atoms with Crippen molar-refractivity contribution >= 4 is 5.91 Å². The van der Waals surface area contributed by atoms with Gasteiger partial charge in [-0.25, -0.2) is 0 Å². The topological polar surface area (TPSA) is 228 Å². The molecule has 2 saturated heterocycles. The molecule has 0 aromatic heterocycles. The second-order valence-corrected chi connectivity index (χ2v) is 20.8. The Labute approximate surface area is 425 Å². The van der Waals surface area contributed by atoms with Crippen LogP contribution in [0.15, 0.2) is 12.2 Å². The van der Waals surface area contributed by atoms with Crippen LogP contribution in [0.5, 0.6) is 0 Å². The third-order valence-electron chi connectivity index (χ3n) is 14.5. The van der Waals surface area contributed by atoms with Crippen LogP contribution in [-0.2, 0) is 23.7 Å². The van der Waals surface area contributed by atoms with E-state index < -0.39 is 86.8 Å². The smallest absolute Gasteiger partial charge is 0.220 e. The standard InChI is InChI=1S/C56H107NO13/c1-3-5-7-9-11-13-15-16-17-18-19-20-21-22-23-24-25-26-27-28-30-31-33-35-37-39-45(60)44(57-48(61)40-38-36-34-32-29-14-12-10-8-6-4-2)43-67-55-53(66)51(64)54(47(42-59)69-55)70-56-52(65)50(63)49(62)46(41-58)68-56/h37,39,44-47,49-56,58-60,62-66H,3-36,38,40-43H2,1-2H3,(H,57,61)/b39-37+. The monoisotopic (exact) mass is 1000 g/mol. The Morgan fingerprint density at radius 3 is 1.31 bits per heavy atom. The summed E-state index contributed by atoms with van der Waals surface area (Å²) < 4.78 is 22.7. The summed E-state index contributed by atoms with van der Waals surface area (Å²) >= 11 is 0. The summed E-state index contributed by atoms with van der Waals surface area (Å²) in [5.74, 6) is -0.238. The van der Waals surface area contributed by atoms with E-state index in [9.17, 15) is 45.6 Å². The highest BCUT2D eigenvalue weighted by Crippen LogP contribution is 2.30. The molecule has 0 spiro atoms. The SMILES string of the molecule is CCCCCCCCCCCCCCCCCCCCCCCCC/C=C/C(O)C(COC1OC(CO)C(OC2OC(CO)C(O)C(O)C2O)C(O)C1O)NC(=O)CCCCCCCCCCCCC. The van der Waals surface area contributed by atoms with Crippen molar-refractivity contribution in [1.29, 1.82) is 0 Å². The number of rotatable bonds is 46. The van der Waals surface area contributed by atoms with Crippen molar-refractivity contribution in [1.82, 2.24) is 5.32 Å². The molecule has 14 nitrogen and oxygen atoms in total. The summed E-state index contributed by atoms with van der Waals surface area (Å²) in [5, 5.41) is 86.9. The second kappa shape index (κ2) is 43.0. The molecular formula is C56H107NO13. The van der Waals surface area contributed by atoms with E-state index in [1.54, 1.807) is 6.08 Å². The Balaban J connectivity index is 1.73. The molecule has 0 bridgehead atoms. The van der Waals surface area contributed by atoms with Gasteiger partial charge in [-0.3, -0.25) is 4.79 Å². The number of hydrogen-bond acceptors (Lipinski definition) is 13. The highest BCUT2D eigenvalue weighted by atomic mass is 16.7. The average Bonchev–Trinajstić information content (AvgIpc) is 3.36. The molecule has 2 fully saturated rings. The second-order valence-electron chi connectivity index (χ2n) is 20.8. The lowest BCUT2D eigenvalue weighted by Gasteiger charge is -2.46. The van der Waals surface area contributed by atoms with Gasteiger partial charge >= 0.3 is 0 Å². The van der Waals surface area contributed by atoms with Crippen LogP contribution >= 0.6 is 0 Å². The Kier molecular flexibility index (Phi) is 39.9. The van der Waals surface area contributed by atoms with Crippen LogP contribution in [0, 0.1) is 0 Å². The van der Waals surface area contributed by atoms with Gasteiger partial charge in [-0.15, -0.1) is 0 Å². The molecule has 2 heterocycles. The predicted octanol–water partition coefficient (Wildman–Crippen LogP) is 9.11. The number of carbonyl (C=O) groups is 1. The predicted molar refractivity (Wildman–Crippen MR) is 277 cm³/mol. The first-order valence-corrected chi connectivity index (χ1v) is 28.9. The zero-order valence-electron chi connectivity index (χ0n) is 44.3. The van der Waals surface area contributed by atoms with Crippen LogP contribution in [0.25, 0.3) is 0 Å². The van der Waals surface area contributed by atoms with E-state index in [-0.39, 0.29) is 18.9 Å². The third kappa shape index (κ3) is 29.0. The van der Waals surface area contributed by atoms with Gasteiger partial charge in [0.05, 0.1) is 32.0 Å². The minimum atomic E-state index is -1.78. The number of aliphatic hydroxyl groups excluding tert-OH is 8. The zero-order valence-corrected chi connectivity index (χ0v) is 44.3. The molecule has 0 aromatic rings. The van der Waals surface area contributed by atoms with Gasteiger partial charge in [0.15, 0.2) is 12.6 Å². The minimum absolute atomic E-state index is 0.238. The van der Waals surface area contributed by atoms with E-state index in [0.29, 0.717) is 6.42 Å². The van der Waals surface area contributed by atoms with Crippen LogP contribution in [0.3, 0.4) is 0 Å². The first-order chi connectivity index (χ1) is 34.1. The molecule has 1 amide bonds. The van der Waals surface area contributed by atoms with Crippen molar-refractivity contribution in [3.8, 4) is 0 Å². The lowest BCUT2D eigenvalue weighted by atomic mass is 9.97. The summed E-state index contributed by atoms with van der Waals surface area (Å²) in [4.78, 5) is 13.2. The number of unbranched alkanes of at least 4 members (excludes halogenated alkanes) is 33. The van der Waals surface area contributed by atoms with Crippen LogP contribution in [0.2, 0.25) is 0 Å². The van der Waals surface area contributed by atoms with E-state index in [0.717, 1.165) is 38.5 Å². The van der Waals surface area contributed by atoms with E-state index in [1.165, 1.54) is 180 Å². The fourth-order valence-corrected chi connectivity index (χ4v) is 9.76. The van der Waals surface area contributed by atoms with Gasteiger partial charge in [-0.1, -0.05) is 231 Å². The summed E-state index contributed by atoms with van der Waals surface area (Å²) in [6.45, 7) is 2.80. The lowest BCUT2D eigenvalue weighted by Crippen LogP contribution is -2.65. The molecule has 414 valence electrons. The van der Waals surface area contributed by atoms with Gasteiger partial charge in [0.2, 0.25) is 5.91 Å². The zero-order chi connectivity index (χ0) is 51.0. The van der Waals surface area contributed by atoms with Crippen LogP contribution in [0.1, 0.15) is 245 Å². The highest BCUT2D eigenvalue weighted by Gasteiger charge is 2.51. The molecule has 14 heteroatoms. The Bertz CT molecular complexity index is 1230. The van der Waals surface area contributed by atoms with Crippen molar-refractivity contribution in [2.24, 2.45) is 0 Å². The van der Waals surface area contributed by atoms with Crippen molar-refractivity contribution in [2.45, 2.75) is 319 Å². The number of amides is 1. The molecule has 2 aliphatic heterocycles. The fourth-order valence-electron chi connectivity index (χ4n) is 9.76. The number of nitrogens with one attached hydrogen (secondary N) is 1. The maximum atomic E-state index is 13.2. The first kappa shape index (κ1) is 64.8. The van der Waals surface area contributed by atoms with Gasteiger partial charge in [-0.2, -0.15) is 0 Å². The maximum absolute atomic E-state index is 13.2. The van der Waals surface area contributed by atoms with E-state index in [2.05, 4.69) is 19.2 Å². The van der Waals surface area contributed by atoms with Crippen LogP contribution in [-0.4, -0.2) is 140 Å². The summed E-state index contributed by atoms with van der Waals surface area (Å²) in [5.41, 5.74) is 0. The molecule has 12 unspecified atom stereocenters. The van der Waals surface area contributed by atoms with Crippen molar-refractivity contribution in [3.05, 3.63) is 12.2 Å². The van der Waals surface area contributed by atoms with Gasteiger partial charge < -0.3 is 65.1 Å². The summed E-state index contributed by atoms with van der Waals surface area (Å²) in [7, 11) is 0. The number of allylic oxidation sites excluding steroid dienone is 1. The molecule has 12 atom stereocenters. The fraction of sp³-hybridized carbons (Fsp3) is 0.946. The van der Waals surface area contributed by atoms with Crippen LogP contribution in [0.4, 0.5) is 0 Å². The van der Waals surface area contributed by atoms with E-state index in [4.69, 9.17) is 18.9 Å². The highest BCUT2D eigenvalue weighted by molar-refractivity contribution is 5.76. The number of aliphatic hydroxyl groups is 8. The van der Waals surface area contributed by atoms with Gasteiger partial charge in [0, 0.05) is 6.42 Å². The molecule has 0 aliphatic carbocycles. The molecule has 0 saturated carbocycles. The molecule has 0 aromatic carbocycles. The average molecular weight is 1000 g/mol. The quantitative estimate of drug-likeness (QED) is 0.0205. The number of ether oxygens (including phenoxy) is 4. The van der Waals surface area contributed by atoms with E-state index >= 15 is 0 Å². The largest absolute Gasteiger partial charge is 0.394 e. The first-order valence-electron chi connectivity index (χ1n) is 28.9.